The first-order valence-electron chi connectivity index (χ1n) is 8.24. The van der Waals surface area contributed by atoms with Crippen LogP contribution in [0, 0.1) is 0 Å². The lowest BCUT2D eigenvalue weighted by atomic mass is 10.3. The number of ether oxygens (including phenoxy) is 3. The van der Waals surface area contributed by atoms with Crippen LogP contribution in [0.15, 0.2) is 48.5 Å². The number of hydrogen-bond acceptors (Lipinski definition) is 5. The molecule has 0 aliphatic rings. The summed E-state index contributed by atoms with van der Waals surface area (Å²) in [5.41, 5.74) is 5.66. The lowest BCUT2D eigenvalue weighted by Crippen LogP contribution is -2.20. The Bertz CT molecular complexity index is 731. The van der Waals surface area contributed by atoms with Gasteiger partial charge in [0, 0.05) is 5.69 Å². The molecule has 0 saturated heterocycles. The number of hydrogen-bond donors (Lipinski definition) is 2. The number of para-hydroxylation sites is 2. The average molecular weight is 358 g/mol. The van der Waals surface area contributed by atoms with E-state index in [1.807, 2.05) is 19.1 Å². The van der Waals surface area contributed by atoms with E-state index >= 15 is 0 Å². The van der Waals surface area contributed by atoms with Gasteiger partial charge in [-0.1, -0.05) is 12.1 Å². The summed E-state index contributed by atoms with van der Waals surface area (Å²) in [5.74, 6) is 0.993. The van der Waals surface area contributed by atoms with E-state index in [0.717, 1.165) is 0 Å². The molecule has 7 nitrogen and oxygen atoms in total. The van der Waals surface area contributed by atoms with Gasteiger partial charge in [-0.15, -0.1) is 0 Å². The number of carbonyl (C=O) groups excluding carboxylic acids is 2. The Morgan fingerprint density at radius 2 is 1.62 bits per heavy atom. The van der Waals surface area contributed by atoms with Crippen LogP contribution in [0.2, 0.25) is 0 Å². The molecular weight excluding hydrogens is 336 g/mol. The number of amides is 2. The molecule has 2 aromatic carbocycles. The molecule has 26 heavy (non-hydrogen) atoms. The Morgan fingerprint density at radius 1 is 0.962 bits per heavy atom. The fraction of sp³-hybridized carbons (Fsp3) is 0.263. The highest BCUT2D eigenvalue weighted by molar-refractivity contribution is 5.91. The number of benzene rings is 2. The summed E-state index contributed by atoms with van der Waals surface area (Å²) in [4.78, 5) is 22.7. The average Bonchev–Trinajstić information content (AvgIpc) is 2.62. The Hall–Kier alpha value is -3.22. The van der Waals surface area contributed by atoms with Crippen molar-refractivity contribution in [2.45, 2.75) is 13.3 Å². The van der Waals surface area contributed by atoms with Crippen molar-refractivity contribution in [3.8, 4) is 17.2 Å². The van der Waals surface area contributed by atoms with Crippen molar-refractivity contribution >= 4 is 17.5 Å². The molecular formula is C19H22N2O5. The fourth-order valence-corrected chi connectivity index (χ4v) is 2.09. The topological polar surface area (TPSA) is 99.9 Å². The van der Waals surface area contributed by atoms with Crippen LogP contribution >= 0.6 is 0 Å². The largest absolute Gasteiger partial charge is 0.493 e. The molecule has 0 saturated carbocycles. The van der Waals surface area contributed by atoms with Gasteiger partial charge in [0.05, 0.1) is 19.6 Å². The second-order valence-corrected chi connectivity index (χ2v) is 5.31. The van der Waals surface area contributed by atoms with Crippen LogP contribution in [0.5, 0.6) is 17.2 Å². The number of rotatable bonds is 10. The Morgan fingerprint density at radius 3 is 2.23 bits per heavy atom. The minimum Gasteiger partial charge on any atom is -0.493 e. The molecule has 138 valence electrons. The first kappa shape index (κ1) is 19.1. The number of anilines is 1. The lowest BCUT2D eigenvalue weighted by Gasteiger charge is -2.12. The molecule has 2 rings (SSSR count). The molecule has 0 aliphatic carbocycles. The van der Waals surface area contributed by atoms with Gasteiger partial charge in [-0.05, 0) is 43.3 Å². The molecule has 3 N–H and O–H groups in total. The number of primary amides is 1. The second-order valence-electron chi connectivity index (χ2n) is 5.31. The Balaban J connectivity index is 1.81. The summed E-state index contributed by atoms with van der Waals surface area (Å²) < 4.78 is 16.3. The molecule has 0 aromatic heterocycles. The van der Waals surface area contributed by atoms with E-state index in [1.165, 1.54) is 0 Å². The van der Waals surface area contributed by atoms with Gasteiger partial charge in [-0.3, -0.25) is 9.59 Å². The summed E-state index contributed by atoms with van der Waals surface area (Å²) in [6.07, 6.45) is 0.152. The van der Waals surface area contributed by atoms with Gasteiger partial charge in [0.25, 0.3) is 5.91 Å². The molecule has 0 aliphatic heterocycles. The molecule has 0 bridgehead atoms. The highest BCUT2D eigenvalue weighted by atomic mass is 16.5. The van der Waals surface area contributed by atoms with Gasteiger partial charge < -0.3 is 25.3 Å². The monoisotopic (exact) mass is 358 g/mol. The second kappa shape index (κ2) is 9.93. The molecule has 2 amide bonds. The summed E-state index contributed by atoms with van der Waals surface area (Å²) >= 11 is 0. The van der Waals surface area contributed by atoms with Crippen LogP contribution in [0.4, 0.5) is 5.69 Å². The molecule has 0 atom stereocenters. The van der Waals surface area contributed by atoms with Crippen molar-refractivity contribution in [1.82, 2.24) is 0 Å². The van der Waals surface area contributed by atoms with E-state index in [9.17, 15) is 9.59 Å². The summed E-state index contributed by atoms with van der Waals surface area (Å²) in [7, 11) is 0. The van der Waals surface area contributed by atoms with Crippen molar-refractivity contribution in [3.05, 3.63) is 48.5 Å². The van der Waals surface area contributed by atoms with Crippen molar-refractivity contribution in [3.63, 3.8) is 0 Å². The molecule has 7 heteroatoms. The predicted molar refractivity (Wildman–Crippen MR) is 97.5 cm³/mol. The summed E-state index contributed by atoms with van der Waals surface area (Å²) in [6, 6.07) is 14.0. The van der Waals surface area contributed by atoms with Gasteiger partial charge in [0.15, 0.2) is 18.1 Å². The normalized spacial score (nSPS) is 10.0. The van der Waals surface area contributed by atoms with Crippen LogP contribution < -0.4 is 25.3 Å². The lowest BCUT2D eigenvalue weighted by molar-refractivity contribution is -0.119. The SMILES string of the molecule is CCOc1ccccc1OCC(=O)Nc1ccc(OCCC(N)=O)cc1. The van der Waals surface area contributed by atoms with Gasteiger partial charge in [0.1, 0.15) is 5.75 Å². The highest BCUT2D eigenvalue weighted by Crippen LogP contribution is 2.26. The van der Waals surface area contributed by atoms with Crippen LogP contribution in [0.3, 0.4) is 0 Å². The van der Waals surface area contributed by atoms with Crippen LogP contribution in [0.25, 0.3) is 0 Å². The van der Waals surface area contributed by atoms with Crippen molar-refractivity contribution in [1.29, 1.82) is 0 Å². The Labute approximate surface area is 152 Å². The third kappa shape index (κ3) is 6.35. The van der Waals surface area contributed by atoms with E-state index in [0.29, 0.717) is 29.5 Å². The third-order valence-corrected chi connectivity index (χ3v) is 3.26. The molecule has 0 unspecified atom stereocenters. The zero-order valence-corrected chi connectivity index (χ0v) is 14.6. The van der Waals surface area contributed by atoms with Crippen molar-refractivity contribution in [2.75, 3.05) is 25.1 Å². The molecule has 0 radical (unpaired) electrons. The smallest absolute Gasteiger partial charge is 0.262 e. The fourth-order valence-electron chi connectivity index (χ4n) is 2.09. The minimum atomic E-state index is -0.417. The third-order valence-electron chi connectivity index (χ3n) is 3.26. The minimum absolute atomic E-state index is 0.138. The number of carbonyl (C=O) groups is 2. The number of nitrogens with two attached hydrogens (primary N) is 1. The van der Waals surface area contributed by atoms with Gasteiger partial charge in [-0.25, -0.2) is 0 Å². The molecule has 0 fully saturated rings. The highest BCUT2D eigenvalue weighted by Gasteiger charge is 2.08. The van der Waals surface area contributed by atoms with Crippen LogP contribution in [-0.2, 0) is 9.59 Å². The standard InChI is InChI=1S/C19H22N2O5/c1-2-24-16-5-3-4-6-17(16)26-13-19(23)21-14-7-9-15(10-8-14)25-12-11-18(20)22/h3-10H,2,11-13H2,1H3,(H2,20,22)(H,21,23). The quantitative estimate of drug-likeness (QED) is 0.679. The van der Waals surface area contributed by atoms with E-state index in [-0.39, 0.29) is 25.5 Å². The summed E-state index contributed by atoms with van der Waals surface area (Å²) in [6.45, 7) is 2.47. The summed E-state index contributed by atoms with van der Waals surface area (Å²) in [5, 5.41) is 2.73. The van der Waals surface area contributed by atoms with E-state index in [4.69, 9.17) is 19.9 Å². The van der Waals surface area contributed by atoms with Gasteiger partial charge in [-0.2, -0.15) is 0 Å². The van der Waals surface area contributed by atoms with E-state index < -0.39 is 5.91 Å². The predicted octanol–water partition coefficient (Wildman–Crippen LogP) is 2.36. The van der Waals surface area contributed by atoms with E-state index in [1.54, 1.807) is 36.4 Å². The number of nitrogens with one attached hydrogen (secondary N) is 1. The first-order valence-corrected chi connectivity index (χ1v) is 8.24. The van der Waals surface area contributed by atoms with Crippen LogP contribution in [0.1, 0.15) is 13.3 Å². The maximum Gasteiger partial charge on any atom is 0.262 e. The first-order chi connectivity index (χ1) is 12.6. The van der Waals surface area contributed by atoms with E-state index in [2.05, 4.69) is 5.32 Å². The maximum atomic E-state index is 12.0. The van der Waals surface area contributed by atoms with Crippen molar-refractivity contribution < 1.29 is 23.8 Å². The van der Waals surface area contributed by atoms with Gasteiger partial charge >= 0.3 is 0 Å². The zero-order valence-electron chi connectivity index (χ0n) is 14.6. The molecule has 0 spiro atoms. The zero-order chi connectivity index (χ0) is 18.8. The molecule has 2 aromatic rings. The van der Waals surface area contributed by atoms with Gasteiger partial charge in [0.2, 0.25) is 5.91 Å². The van der Waals surface area contributed by atoms with Crippen LogP contribution in [-0.4, -0.2) is 31.6 Å². The van der Waals surface area contributed by atoms with Crippen molar-refractivity contribution in [2.24, 2.45) is 5.73 Å². The maximum absolute atomic E-state index is 12.0. The molecule has 0 heterocycles. The Kier molecular flexibility index (Phi) is 7.30.